The van der Waals surface area contributed by atoms with Gasteiger partial charge in [-0.25, -0.2) is 4.68 Å². The standard InChI is InChI=1S/C17H18F3N3O2/c18-17(19,20)12-2-1-3-15(8-12)23-10-14(9-21-23)22-13-6-4-11(5-7-13)16(24)25/h1-3,8-11,13,22H,4-7H2,(H,24,25). The smallest absolute Gasteiger partial charge is 0.416 e. The summed E-state index contributed by atoms with van der Waals surface area (Å²) in [5.41, 5.74) is 0.315. The molecule has 8 heteroatoms. The number of anilines is 1. The molecule has 1 aromatic heterocycles. The summed E-state index contributed by atoms with van der Waals surface area (Å²) < 4.78 is 39.8. The molecule has 1 heterocycles. The molecule has 3 rings (SSSR count). The van der Waals surface area contributed by atoms with Gasteiger partial charge in [-0.1, -0.05) is 6.07 Å². The minimum absolute atomic E-state index is 0.148. The molecular weight excluding hydrogens is 335 g/mol. The van der Waals surface area contributed by atoms with Gasteiger partial charge in [0.2, 0.25) is 0 Å². The number of carboxylic acid groups (broad SMARTS) is 1. The van der Waals surface area contributed by atoms with Gasteiger partial charge in [-0.2, -0.15) is 18.3 Å². The number of halogens is 3. The van der Waals surface area contributed by atoms with Crippen molar-refractivity contribution in [2.45, 2.75) is 37.9 Å². The molecule has 0 saturated heterocycles. The first-order valence-electron chi connectivity index (χ1n) is 8.04. The van der Waals surface area contributed by atoms with Crippen molar-refractivity contribution in [1.82, 2.24) is 9.78 Å². The molecule has 0 bridgehead atoms. The molecule has 0 amide bonds. The third-order valence-corrected chi connectivity index (χ3v) is 4.47. The van der Waals surface area contributed by atoms with Gasteiger partial charge in [0.05, 0.1) is 35.2 Å². The van der Waals surface area contributed by atoms with Crippen molar-refractivity contribution in [2.24, 2.45) is 5.92 Å². The number of nitrogens with zero attached hydrogens (tertiary/aromatic N) is 2. The van der Waals surface area contributed by atoms with Crippen molar-refractivity contribution in [3.05, 3.63) is 42.2 Å². The fourth-order valence-corrected chi connectivity index (χ4v) is 3.08. The van der Waals surface area contributed by atoms with Crippen molar-refractivity contribution in [2.75, 3.05) is 5.32 Å². The van der Waals surface area contributed by atoms with Crippen LogP contribution < -0.4 is 5.32 Å². The summed E-state index contributed by atoms with van der Waals surface area (Å²) in [5, 5.41) is 16.4. The highest BCUT2D eigenvalue weighted by atomic mass is 19.4. The number of carbonyl (C=O) groups is 1. The number of hydrogen-bond acceptors (Lipinski definition) is 3. The van der Waals surface area contributed by atoms with Crippen LogP contribution in [-0.4, -0.2) is 26.9 Å². The summed E-state index contributed by atoms with van der Waals surface area (Å²) in [6.45, 7) is 0. The molecule has 1 aliphatic rings. The van der Waals surface area contributed by atoms with E-state index < -0.39 is 17.7 Å². The third-order valence-electron chi connectivity index (χ3n) is 4.47. The van der Waals surface area contributed by atoms with Crippen LogP contribution >= 0.6 is 0 Å². The summed E-state index contributed by atoms with van der Waals surface area (Å²) in [6, 6.07) is 5.13. The zero-order valence-electron chi connectivity index (χ0n) is 13.3. The Hall–Kier alpha value is -2.51. The van der Waals surface area contributed by atoms with E-state index in [4.69, 9.17) is 5.11 Å². The van der Waals surface area contributed by atoms with E-state index in [1.807, 2.05) is 0 Å². The second kappa shape index (κ2) is 6.78. The van der Waals surface area contributed by atoms with Gasteiger partial charge in [-0.3, -0.25) is 4.79 Å². The lowest BCUT2D eigenvalue weighted by molar-refractivity contribution is -0.142. The van der Waals surface area contributed by atoms with Gasteiger partial charge >= 0.3 is 12.1 Å². The molecule has 2 N–H and O–H groups in total. The van der Waals surface area contributed by atoms with E-state index in [2.05, 4.69) is 10.4 Å². The topological polar surface area (TPSA) is 67.2 Å². The maximum absolute atomic E-state index is 12.8. The first-order valence-corrected chi connectivity index (χ1v) is 8.04. The summed E-state index contributed by atoms with van der Waals surface area (Å²) >= 11 is 0. The van der Waals surface area contributed by atoms with E-state index in [1.54, 1.807) is 18.5 Å². The van der Waals surface area contributed by atoms with Crippen LogP contribution in [0.2, 0.25) is 0 Å². The van der Waals surface area contributed by atoms with Gasteiger partial charge in [-0.15, -0.1) is 0 Å². The Bertz CT molecular complexity index is 750. The van der Waals surface area contributed by atoms with Crippen LogP contribution in [-0.2, 0) is 11.0 Å². The Morgan fingerprint density at radius 1 is 1.24 bits per heavy atom. The number of carboxylic acids is 1. The molecule has 1 fully saturated rings. The summed E-state index contributed by atoms with van der Waals surface area (Å²) in [5.74, 6) is -1.04. The molecule has 0 atom stereocenters. The number of alkyl halides is 3. The molecule has 0 aliphatic heterocycles. The molecule has 5 nitrogen and oxygen atoms in total. The van der Waals surface area contributed by atoms with Crippen LogP contribution in [0.15, 0.2) is 36.7 Å². The van der Waals surface area contributed by atoms with Crippen LogP contribution in [0.25, 0.3) is 5.69 Å². The van der Waals surface area contributed by atoms with Crippen molar-refractivity contribution >= 4 is 11.7 Å². The lowest BCUT2D eigenvalue weighted by atomic mass is 9.86. The Morgan fingerprint density at radius 3 is 2.60 bits per heavy atom. The van der Waals surface area contributed by atoms with Gasteiger partial charge < -0.3 is 10.4 Å². The lowest BCUT2D eigenvalue weighted by Crippen LogP contribution is -2.29. The van der Waals surface area contributed by atoms with Crippen molar-refractivity contribution in [3.63, 3.8) is 0 Å². The third kappa shape index (κ3) is 4.12. The first kappa shape index (κ1) is 17.3. The average Bonchev–Trinajstić information content (AvgIpc) is 3.03. The van der Waals surface area contributed by atoms with Crippen molar-refractivity contribution in [1.29, 1.82) is 0 Å². The number of aromatic nitrogens is 2. The van der Waals surface area contributed by atoms with Crippen molar-refractivity contribution in [3.8, 4) is 5.69 Å². The molecule has 1 aromatic carbocycles. The number of benzene rings is 1. The Labute approximate surface area is 142 Å². The van der Waals surface area contributed by atoms with Crippen LogP contribution in [0.1, 0.15) is 31.2 Å². The fraction of sp³-hybridized carbons (Fsp3) is 0.412. The maximum atomic E-state index is 12.8. The number of rotatable bonds is 4. The van der Waals surface area contributed by atoms with Crippen LogP contribution in [0, 0.1) is 5.92 Å². The predicted octanol–water partition coefficient (Wildman–Crippen LogP) is 3.95. The zero-order valence-corrected chi connectivity index (χ0v) is 13.3. The molecule has 0 spiro atoms. The Morgan fingerprint density at radius 2 is 1.96 bits per heavy atom. The normalized spacial score (nSPS) is 21.1. The minimum Gasteiger partial charge on any atom is -0.481 e. The van der Waals surface area contributed by atoms with Gasteiger partial charge in [-0.05, 0) is 43.9 Å². The predicted molar refractivity (Wildman–Crippen MR) is 85.6 cm³/mol. The summed E-state index contributed by atoms with van der Waals surface area (Å²) in [4.78, 5) is 11.0. The first-order chi connectivity index (χ1) is 11.8. The van der Waals surface area contributed by atoms with Crippen LogP contribution in [0.4, 0.5) is 18.9 Å². The molecule has 25 heavy (non-hydrogen) atoms. The molecule has 0 radical (unpaired) electrons. The van der Waals surface area contributed by atoms with E-state index in [1.165, 1.54) is 10.7 Å². The Balaban J connectivity index is 1.66. The monoisotopic (exact) mass is 353 g/mol. The van der Waals surface area contributed by atoms with E-state index >= 15 is 0 Å². The highest BCUT2D eigenvalue weighted by Gasteiger charge is 2.30. The molecule has 0 unspecified atom stereocenters. The second-order valence-corrected chi connectivity index (χ2v) is 6.25. The van der Waals surface area contributed by atoms with E-state index in [-0.39, 0.29) is 12.0 Å². The van der Waals surface area contributed by atoms with Gasteiger partial charge in [0.25, 0.3) is 0 Å². The van der Waals surface area contributed by atoms with Crippen LogP contribution in [0.3, 0.4) is 0 Å². The minimum atomic E-state index is -4.40. The highest BCUT2D eigenvalue weighted by molar-refractivity contribution is 5.70. The fourth-order valence-electron chi connectivity index (χ4n) is 3.08. The van der Waals surface area contributed by atoms with Gasteiger partial charge in [0.1, 0.15) is 0 Å². The second-order valence-electron chi connectivity index (χ2n) is 6.25. The molecule has 1 saturated carbocycles. The zero-order chi connectivity index (χ0) is 18.0. The van der Waals surface area contributed by atoms with Crippen LogP contribution in [0.5, 0.6) is 0 Å². The van der Waals surface area contributed by atoms with E-state index in [0.29, 0.717) is 24.2 Å². The summed E-state index contributed by atoms with van der Waals surface area (Å²) in [7, 11) is 0. The van der Waals surface area contributed by atoms with Gasteiger partial charge in [0.15, 0.2) is 0 Å². The SMILES string of the molecule is O=C(O)C1CCC(Nc2cnn(-c3cccc(C(F)(F)F)c3)c2)CC1. The van der Waals surface area contributed by atoms with Crippen molar-refractivity contribution < 1.29 is 23.1 Å². The largest absolute Gasteiger partial charge is 0.481 e. The number of hydrogen-bond donors (Lipinski definition) is 2. The van der Waals surface area contributed by atoms with Gasteiger partial charge in [0, 0.05) is 6.04 Å². The maximum Gasteiger partial charge on any atom is 0.416 e. The van der Waals surface area contributed by atoms with E-state index in [0.717, 1.165) is 25.0 Å². The molecule has 134 valence electrons. The average molecular weight is 353 g/mol. The number of aliphatic carboxylic acids is 1. The molecule has 1 aliphatic carbocycles. The van der Waals surface area contributed by atoms with E-state index in [9.17, 15) is 18.0 Å². The molecular formula is C17H18F3N3O2. The summed E-state index contributed by atoms with van der Waals surface area (Å²) in [6.07, 6.45) is 1.52. The number of nitrogens with one attached hydrogen (secondary N) is 1. The quantitative estimate of drug-likeness (QED) is 0.873. The molecule has 2 aromatic rings. The highest BCUT2D eigenvalue weighted by Crippen LogP contribution is 2.31. The lowest BCUT2D eigenvalue weighted by Gasteiger charge is -2.26. The Kier molecular flexibility index (Phi) is 4.69.